The summed E-state index contributed by atoms with van der Waals surface area (Å²) in [5.74, 6) is 0. The first-order chi connectivity index (χ1) is 11.8. The van der Waals surface area contributed by atoms with E-state index < -0.39 is 29.0 Å². The minimum Gasteiger partial charge on any atom is -0.400 e. The van der Waals surface area contributed by atoms with Gasteiger partial charge in [-0.1, -0.05) is 41.7 Å². The molecule has 0 aliphatic carbocycles. The molecule has 0 saturated carbocycles. The molecule has 0 spiro atoms. The molecular weight excluding hydrogens is 316 g/mol. The van der Waals surface area contributed by atoms with Gasteiger partial charge in [0.2, 0.25) is 0 Å². The van der Waals surface area contributed by atoms with Crippen LogP contribution in [0.4, 0.5) is 0 Å². The maximum Gasteiger partial charge on any atom is 0.490 e. The third-order valence-electron chi connectivity index (χ3n) is 5.61. The first-order valence-electron chi connectivity index (χ1n) is 8.89. The van der Waals surface area contributed by atoms with Crippen LogP contribution >= 0.6 is 0 Å². The lowest BCUT2D eigenvalue weighted by Crippen LogP contribution is -2.64. The zero-order valence-corrected chi connectivity index (χ0v) is 16.0. The number of hydrogen-bond donors (Lipinski definition) is 0. The van der Waals surface area contributed by atoms with Gasteiger partial charge in [-0.3, -0.25) is 0 Å². The van der Waals surface area contributed by atoms with Crippen molar-refractivity contribution < 1.29 is 9.31 Å². The van der Waals surface area contributed by atoms with Crippen LogP contribution in [-0.2, 0) is 15.9 Å². The van der Waals surface area contributed by atoms with Gasteiger partial charge in [0.05, 0.1) is 42.6 Å². The maximum atomic E-state index is 6.43. The number of benzene rings is 1. The Morgan fingerprint density at radius 1 is 0.962 bits per heavy atom. The topological polar surface area (TPSA) is 21.7 Å². The van der Waals surface area contributed by atoms with Crippen LogP contribution in [0.25, 0.3) is 0 Å². The smallest absolute Gasteiger partial charge is 0.400 e. The maximum absolute atomic E-state index is 6.43. The lowest BCUT2D eigenvalue weighted by molar-refractivity contribution is 0.00578. The van der Waals surface area contributed by atoms with Gasteiger partial charge < -0.3 is 14.2 Å². The standard InChI is InChI=1S/C18H22B5NO2/c1-15(2)16(3,4)26-23(25-15)14-10-17(19,20)24(18(21,22)11-14)12-13-8-6-5-7-9-13/h5-10H,11-12H2,1-4H3. The highest BCUT2D eigenvalue weighted by atomic mass is 16.7. The minimum atomic E-state index is -1.32. The first kappa shape index (κ1) is 19.9. The lowest BCUT2D eigenvalue weighted by atomic mass is 9.45. The molecule has 8 radical (unpaired) electrons. The number of hydrogen-bond acceptors (Lipinski definition) is 3. The van der Waals surface area contributed by atoms with Crippen LogP contribution in [0.15, 0.2) is 41.9 Å². The molecule has 1 aromatic rings. The van der Waals surface area contributed by atoms with E-state index >= 15 is 0 Å². The molecule has 1 fully saturated rings. The van der Waals surface area contributed by atoms with Crippen molar-refractivity contribution in [1.82, 2.24) is 4.90 Å². The van der Waals surface area contributed by atoms with Gasteiger partial charge in [0.1, 0.15) is 0 Å². The minimum absolute atomic E-state index is 0.340. The molecule has 3 nitrogen and oxygen atoms in total. The summed E-state index contributed by atoms with van der Waals surface area (Å²) in [6.07, 6.45) is 2.10. The Balaban J connectivity index is 1.88. The normalized spacial score (nSPS) is 26.5. The number of rotatable bonds is 3. The van der Waals surface area contributed by atoms with Gasteiger partial charge in [-0.05, 0) is 50.5 Å². The average molecular weight is 338 g/mol. The first-order valence-corrected chi connectivity index (χ1v) is 8.89. The second-order valence-corrected chi connectivity index (χ2v) is 8.43. The third-order valence-corrected chi connectivity index (χ3v) is 5.61. The van der Waals surface area contributed by atoms with E-state index in [2.05, 4.69) is 0 Å². The molecule has 1 aromatic carbocycles. The van der Waals surface area contributed by atoms with E-state index in [0.717, 1.165) is 11.0 Å². The van der Waals surface area contributed by atoms with E-state index in [9.17, 15) is 0 Å². The molecule has 2 aliphatic heterocycles. The Hall–Kier alpha value is -0.835. The summed E-state index contributed by atoms with van der Waals surface area (Å²) in [5.41, 5.74) is 0.873. The summed E-state index contributed by atoms with van der Waals surface area (Å²) in [6.45, 7) is 8.42. The van der Waals surface area contributed by atoms with Crippen molar-refractivity contribution >= 4 is 38.5 Å². The van der Waals surface area contributed by atoms with Crippen molar-refractivity contribution in [3.05, 3.63) is 47.4 Å². The molecule has 3 rings (SSSR count). The zero-order chi connectivity index (χ0) is 19.4. The highest BCUT2D eigenvalue weighted by molar-refractivity contribution is 6.57. The van der Waals surface area contributed by atoms with Crippen molar-refractivity contribution in [3.63, 3.8) is 0 Å². The van der Waals surface area contributed by atoms with Crippen LogP contribution in [0.2, 0.25) is 0 Å². The van der Waals surface area contributed by atoms with E-state index in [-0.39, 0.29) is 0 Å². The summed E-state index contributed by atoms with van der Waals surface area (Å²) in [5, 5.41) is -2.55. The van der Waals surface area contributed by atoms with Crippen LogP contribution < -0.4 is 0 Å². The van der Waals surface area contributed by atoms with Gasteiger partial charge in [-0.2, -0.15) is 0 Å². The molecule has 0 amide bonds. The van der Waals surface area contributed by atoms with Gasteiger partial charge in [0.25, 0.3) is 0 Å². The molecule has 0 bridgehead atoms. The largest absolute Gasteiger partial charge is 0.490 e. The molecule has 1 saturated heterocycles. The van der Waals surface area contributed by atoms with Gasteiger partial charge in [-0.15, -0.1) is 0 Å². The van der Waals surface area contributed by atoms with Crippen molar-refractivity contribution in [1.29, 1.82) is 0 Å². The highest BCUT2D eigenvalue weighted by Crippen LogP contribution is 2.42. The van der Waals surface area contributed by atoms with Gasteiger partial charge >= 0.3 is 7.12 Å². The predicted octanol–water partition coefficient (Wildman–Crippen LogP) is 1.43. The fraction of sp³-hybridized carbons (Fsp3) is 0.556. The second-order valence-electron chi connectivity index (χ2n) is 8.43. The highest BCUT2D eigenvalue weighted by Gasteiger charge is 2.54. The van der Waals surface area contributed by atoms with Crippen LogP contribution in [0.5, 0.6) is 0 Å². The summed E-state index contributed by atoms with van der Waals surface area (Å²) in [6, 6.07) is 9.83. The van der Waals surface area contributed by atoms with Crippen molar-refractivity contribution in [2.45, 2.75) is 62.5 Å². The van der Waals surface area contributed by atoms with Crippen LogP contribution in [0, 0.1) is 0 Å². The molecular formula is C18H22B5NO2. The fourth-order valence-corrected chi connectivity index (χ4v) is 3.40. The lowest BCUT2D eigenvalue weighted by Gasteiger charge is -2.54. The molecule has 0 unspecified atom stereocenters. The summed E-state index contributed by atoms with van der Waals surface area (Å²) >= 11 is 0. The summed E-state index contributed by atoms with van der Waals surface area (Å²) in [4.78, 5) is 1.70. The third kappa shape index (κ3) is 3.61. The van der Waals surface area contributed by atoms with Crippen molar-refractivity contribution in [3.8, 4) is 0 Å². The van der Waals surface area contributed by atoms with Crippen molar-refractivity contribution in [2.75, 3.05) is 0 Å². The Morgan fingerprint density at radius 3 is 2.00 bits per heavy atom. The van der Waals surface area contributed by atoms with E-state index in [4.69, 9.17) is 40.7 Å². The Kier molecular flexibility index (Phi) is 4.87. The molecule has 26 heavy (non-hydrogen) atoms. The van der Waals surface area contributed by atoms with Gasteiger partial charge in [-0.25, -0.2) is 0 Å². The fourth-order valence-electron chi connectivity index (χ4n) is 3.40. The average Bonchev–Trinajstić information content (AvgIpc) is 2.72. The molecule has 8 heteroatoms. The quantitative estimate of drug-likeness (QED) is 0.779. The SMILES string of the molecule is [B]C1([B])C=C(B2OC(C)(C)C(C)(C)O2)CC([B])([B])N1Cc1ccccc1. The van der Waals surface area contributed by atoms with E-state index in [1.165, 1.54) is 0 Å². The van der Waals surface area contributed by atoms with Crippen molar-refractivity contribution in [2.24, 2.45) is 0 Å². The molecule has 126 valence electrons. The predicted molar refractivity (Wildman–Crippen MR) is 109 cm³/mol. The zero-order valence-electron chi connectivity index (χ0n) is 16.0. The Labute approximate surface area is 163 Å². The van der Waals surface area contributed by atoms with E-state index in [0.29, 0.717) is 13.0 Å². The van der Waals surface area contributed by atoms with Gasteiger partial charge in [0.15, 0.2) is 0 Å². The van der Waals surface area contributed by atoms with Gasteiger partial charge in [0, 0.05) is 6.54 Å². The summed E-state index contributed by atoms with van der Waals surface area (Å²) < 4.78 is 12.2. The Morgan fingerprint density at radius 2 is 1.50 bits per heavy atom. The van der Waals surface area contributed by atoms with Crippen LogP contribution in [0.1, 0.15) is 39.7 Å². The summed E-state index contributed by atoms with van der Waals surface area (Å²) in [7, 11) is 25.1. The van der Waals surface area contributed by atoms with E-state index in [1.54, 1.807) is 11.0 Å². The van der Waals surface area contributed by atoms with E-state index in [1.807, 2.05) is 58.0 Å². The Bertz CT molecular complexity index is 687. The molecule has 2 heterocycles. The molecule has 2 aliphatic rings. The molecule has 0 aromatic heterocycles. The molecule has 0 N–H and O–H groups in total. The monoisotopic (exact) mass is 339 g/mol. The number of nitrogens with zero attached hydrogens (tertiary/aromatic N) is 1. The van der Waals surface area contributed by atoms with Crippen LogP contribution in [0.3, 0.4) is 0 Å². The molecule has 0 atom stereocenters. The van der Waals surface area contributed by atoms with Crippen LogP contribution in [-0.4, -0.2) is 65.3 Å². The second kappa shape index (κ2) is 6.36.